The van der Waals surface area contributed by atoms with Gasteiger partial charge in [-0.25, -0.2) is 19.4 Å². The topological polar surface area (TPSA) is 80.9 Å². The number of carboxylic acid groups (broad SMARTS) is 1. The van der Waals surface area contributed by atoms with Crippen molar-refractivity contribution in [3.63, 3.8) is 0 Å². The van der Waals surface area contributed by atoms with Gasteiger partial charge in [-0.1, -0.05) is 32.8 Å². The molecule has 1 unspecified atom stereocenters. The second-order valence-corrected chi connectivity index (χ2v) is 6.19. The average Bonchev–Trinajstić information content (AvgIpc) is 3.08. The third-order valence-electron chi connectivity index (χ3n) is 3.56. The highest BCUT2D eigenvalue weighted by atomic mass is 31.1. The largest absolute Gasteiger partial charge is 0.478 e. The molecule has 3 aromatic rings. The van der Waals surface area contributed by atoms with Gasteiger partial charge in [-0.2, -0.15) is 18.3 Å². The van der Waals surface area contributed by atoms with Gasteiger partial charge in [0, 0.05) is 17.8 Å². The van der Waals surface area contributed by atoms with Crippen molar-refractivity contribution >= 4 is 19.9 Å². The summed E-state index contributed by atoms with van der Waals surface area (Å²) in [5.74, 6) is -1.63. The van der Waals surface area contributed by atoms with Crippen molar-refractivity contribution in [2.75, 3.05) is 6.66 Å². The van der Waals surface area contributed by atoms with Gasteiger partial charge >= 0.3 is 12.1 Å². The van der Waals surface area contributed by atoms with Crippen LogP contribution in [0.2, 0.25) is 0 Å². The van der Waals surface area contributed by atoms with Gasteiger partial charge in [-0.15, -0.1) is 0 Å². The number of hydrogen-bond acceptors (Lipinski definition) is 4. The monoisotopic (exact) mass is 380 g/mol. The quantitative estimate of drug-likeness (QED) is 0.704. The van der Waals surface area contributed by atoms with Crippen LogP contribution in [0.25, 0.3) is 17.2 Å². The molecule has 26 heavy (non-hydrogen) atoms. The molecule has 0 saturated heterocycles. The Labute approximate surface area is 147 Å². The number of aromatic carboxylic acids is 1. The molecule has 0 spiro atoms. The molecule has 3 rings (SSSR count). The smallest absolute Gasteiger partial charge is 0.434 e. The lowest BCUT2D eigenvalue weighted by Gasteiger charge is -2.12. The Morgan fingerprint density at radius 1 is 1.23 bits per heavy atom. The molecular weight excluding hydrogens is 368 g/mol. The van der Waals surface area contributed by atoms with Crippen LogP contribution in [0.4, 0.5) is 13.2 Å². The van der Waals surface area contributed by atoms with E-state index < -0.39 is 23.4 Å². The van der Waals surface area contributed by atoms with E-state index in [9.17, 15) is 18.0 Å². The molecule has 0 fully saturated rings. The lowest BCUT2D eigenvalue weighted by molar-refractivity contribution is -0.143. The van der Waals surface area contributed by atoms with E-state index in [0.29, 0.717) is 25.0 Å². The minimum atomic E-state index is -4.90. The van der Waals surface area contributed by atoms with Crippen molar-refractivity contribution in [1.29, 1.82) is 0 Å². The second kappa shape index (κ2) is 6.84. The molecule has 10 heteroatoms. The molecule has 0 aliphatic rings. The zero-order valence-corrected chi connectivity index (χ0v) is 14.3. The van der Waals surface area contributed by atoms with E-state index in [4.69, 9.17) is 5.11 Å². The highest BCUT2D eigenvalue weighted by Gasteiger charge is 2.41. The van der Waals surface area contributed by atoms with Gasteiger partial charge in [-0.05, 0) is 12.0 Å². The summed E-state index contributed by atoms with van der Waals surface area (Å²) >= 11 is 0. The van der Waals surface area contributed by atoms with Crippen molar-refractivity contribution in [1.82, 2.24) is 19.7 Å². The molecular formula is C16H12F3N4O2P. The maximum atomic E-state index is 13.4. The molecule has 0 amide bonds. The Morgan fingerprint density at radius 3 is 2.62 bits per heavy atom. The Bertz CT molecular complexity index is 972. The van der Waals surface area contributed by atoms with Crippen LogP contribution in [0.1, 0.15) is 16.1 Å². The molecule has 1 atom stereocenters. The summed E-state index contributed by atoms with van der Waals surface area (Å²) in [6, 6.07) is 8.55. The number of aromatic nitrogens is 4. The summed E-state index contributed by atoms with van der Waals surface area (Å²) in [6.07, 6.45) is -2.93. The average molecular weight is 380 g/mol. The zero-order chi connectivity index (χ0) is 18.9. The zero-order valence-electron chi connectivity index (χ0n) is 13.3. The lowest BCUT2D eigenvalue weighted by Crippen LogP contribution is -2.18. The van der Waals surface area contributed by atoms with Crippen LogP contribution in [-0.4, -0.2) is 37.5 Å². The number of benzene rings is 1. The lowest BCUT2D eigenvalue weighted by atomic mass is 10.2. The van der Waals surface area contributed by atoms with Crippen molar-refractivity contribution in [2.24, 2.45) is 0 Å². The molecule has 6 nitrogen and oxygen atoms in total. The number of hydrogen-bond donors (Lipinski definition) is 1. The maximum absolute atomic E-state index is 13.4. The van der Waals surface area contributed by atoms with E-state index in [1.807, 2.05) is 18.8 Å². The van der Waals surface area contributed by atoms with Gasteiger partial charge in [0.2, 0.25) is 0 Å². The fourth-order valence-corrected chi connectivity index (χ4v) is 3.17. The molecule has 134 valence electrons. The summed E-state index contributed by atoms with van der Waals surface area (Å²) in [7, 11) is 0.447. The number of carboxylic acids is 1. The highest BCUT2D eigenvalue weighted by molar-refractivity contribution is 7.46. The summed E-state index contributed by atoms with van der Waals surface area (Å²) in [5.41, 5.74) is -1.62. The molecule has 0 bridgehead atoms. The van der Waals surface area contributed by atoms with Crippen molar-refractivity contribution in [3.05, 3.63) is 54.0 Å². The molecule has 1 aromatic carbocycles. The SMILES string of the molecule is CPc1ccccc1-c1nccc(-n2ncc(C(=O)O)c2C(F)(F)F)n1. The van der Waals surface area contributed by atoms with Crippen LogP contribution in [0.3, 0.4) is 0 Å². The van der Waals surface area contributed by atoms with Crippen molar-refractivity contribution < 1.29 is 23.1 Å². The first-order valence-electron chi connectivity index (χ1n) is 7.32. The van der Waals surface area contributed by atoms with E-state index >= 15 is 0 Å². The minimum absolute atomic E-state index is 0.163. The van der Waals surface area contributed by atoms with Crippen LogP contribution in [0, 0.1) is 0 Å². The molecule has 2 heterocycles. The number of rotatable bonds is 4. The summed E-state index contributed by atoms with van der Waals surface area (Å²) in [5, 5.41) is 13.5. The Morgan fingerprint density at radius 2 is 1.96 bits per heavy atom. The van der Waals surface area contributed by atoms with Gasteiger partial charge < -0.3 is 5.11 Å². The predicted molar refractivity (Wildman–Crippen MR) is 90.4 cm³/mol. The van der Waals surface area contributed by atoms with Crippen molar-refractivity contribution in [2.45, 2.75) is 6.18 Å². The van der Waals surface area contributed by atoms with Crippen LogP contribution in [-0.2, 0) is 6.18 Å². The van der Waals surface area contributed by atoms with Crippen LogP contribution in [0.15, 0.2) is 42.7 Å². The van der Waals surface area contributed by atoms with Crippen molar-refractivity contribution in [3.8, 4) is 17.2 Å². The normalized spacial score (nSPS) is 12.0. The fraction of sp³-hybridized carbons (Fsp3) is 0.125. The minimum Gasteiger partial charge on any atom is -0.478 e. The van der Waals surface area contributed by atoms with Gasteiger partial charge in [0.15, 0.2) is 17.3 Å². The maximum Gasteiger partial charge on any atom is 0.434 e. The predicted octanol–water partition coefficient (Wildman–Crippen LogP) is 2.98. The molecule has 2 aromatic heterocycles. The Balaban J connectivity index is 2.17. The van der Waals surface area contributed by atoms with Gasteiger partial charge in [0.1, 0.15) is 5.56 Å². The van der Waals surface area contributed by atoms with Gasteiger partial charge in [-0.3, -0.25) is 0 Å². The van der Waals surface area contributed by atoms with E-state index in [1.54, 1.807) is 12.1 Å². The molecule has 1 N–H and O–H groups in total. The highest BCUT2D eigenvalue weighted by Crippen LogP contribution is 2.33. The van der Waals surface area contributed by atoms with Crippen LogP contribution < -0.4 is 5.30 Å². The number of halogens is 3. The standard InChI is InChI=1S/C16H12F3N4O2P/c1-26-11-5-3-2-4-9(11)14-20-7-6-12(22-14)23-13(16(17,18)19)10(8-21-23)15(24)25/h2-8,26H,1H3,(H,24,25). The second-order valence-electron chi connectivity index (χ2n) is 5.16. The Kier molecular flexibility index (Phi) is 4.73. The first kappa shape index (κ1) is 18.0. The van der Waals surface area contributed by atoms with Gasteiger partial charge in [0.05, 0.1) is 6.20 Å². The number of nitrogens with zero attached hydrogens (tertiary/aromatic N) is 4. The van der Waals surface area contributed by atoms with E-state index in [1.165, 1.54) is 12.3 Å². The third kappa shape index (κ3) is 3.30. The number of carbonyl (C=O) groups is 1. The molecule has 0 aliphatic carbocycles. The molecule has 0 aliphatic heterocycles. The molecule has 0 saturated carbocycles. The summed E-state index contributed by atoms with van der Waals surface area (Å²) in [4.78, 5) is 19.4. The van der Waals surface area contributed by atoms with Crippen LogP contribution >= 0.6 is 8.58 Å². The third-order valence-corrected chi connectivity index (χ3v) is 4.54. The fourth-order valence-electron chi connectivity index (χ4n) is 2.44. The molecule has 0 radical (unpaired) electrons. The van der Waals surface area contributed by atoms with E-state index in [-0.39, 0.29) is 11.6 Å². The van der Waals surface area contributed by atoms with Gasteiger partial charge in [0.25, 0.3) is 0 Å². The summed E-state index contributed by atoms with van der Waals surface area (Å²) in [6.45, 7) is 1.97. The number of alkyl halides is 3. The Hall–Kier alpha value is -2.80. The van der Waals surface area contributed by atoms with E-state index in [2.05, 4.69) is 15.1 Å². The van der Waals surface area contributed by atoms with E-state index in [0.717, 1.165) is 5.30 Å². The first-order chi connectivity index (χ1) is 12.3. The van der Waals surface area contributed by atoms with Crippen LogP contribution in [0.5, 0.6) is 0 Å². The first-order valence-corrected chi connectivity index (χ1v) is 8.82. The summed E-state index contributed by atoms with van der Waals surface area (Å²) < 4.78 is 40.6.